The first kappa shape index (κ1) is 26.7. The number of hydrogen-bond acceptors (Lipinski definition) is 5. The van der Waals surface area contributed by atoms with Gasteiger partial charge in [0.05, 0.1) is 18.3 Å². The Hall–Kier alpha value is -2.87. The Labute approximate surface area is 230 Å². The van der Waals surface area contributed by atoms with Gasteiger partial charge in [0.15, 0.2) is 0 Å². The van der Waals surface area contributed by atoms with E-state index in [1.165, 1.54) is 5.56 Å². The van der Waals surface area contributed by atoms with Crippen LogP contribution in [-0.4, -0.2) is 69.0 Å². The molecule has 1 atom stereocenters. The van der Waals surface area contributed by atoms with Crippen molar-refractivity contribution in [1.82, 2.24) is 19.6 Å². The van der Waals surface area contributed by atoms with E-state index in [9.17, 15) is 9.90 Å². The van der Waals surface area contributed by atoms with Crippen molar-refractivity contribution in [3.63, 3.8) is 0 Å². The number of rotatable bonds is 7. The van der Waals surface area contributed by atoms with Crippen LogP contribution in [0.5, 0.6) is 5.75 Å². The van der Waals surface area contributed by atoms with E-state index in [4.69, 9.17) is 21.4 Å². The van der Waals surface area contributed by atoms with Gasteiger partial charge in [-0.1, -0.05) is 35.4 Å². The Morgan fingerprint density at radius 2 is 1.84 bits per heavy atom. The number of nitrogens with zero attached hydrogens (tertiary/aromatic N) is 4. The first-order chi connectivity index (χ1) is 18.3. The van der Waals surface area contributed by atoms with Crippen LogP contribution in [0.3, 0.4) is 0 Å². The molecule has 2 aliphatic rings. The highest BCUT2D eigenvalue weighted by Gasteiger charge is 2.28. The van der Waals surface area contributed by atoms with Gasteiger partial charge in [-0.25, -0.2) is 0 Å². The molecule has 1 amide bonds. The molecule has 3 heterocycles. The summed E-state index contributed by atoms with van der Waals surface area (Å²) in [7, 11) is 0. The van der Waals surface area contributed by atoms with E-state index in [0.29, 0.717) is 26.2 Å². The van der Waals surface area contributed by atoms with Crippen LogP contribution in [0.4, 0.5) is 0 Å². The smallest absolute Gasteiger partial charge is 0.219 e. The number of β-amino-alcohol motifs (C(OH)–C–C–N with tert-alkyl or cyclic N) is 1. The van der Waals surface area contributed by atoms with Gasteiger partial charge >= 0.3 is 0 Å². The van der Waals surface area contributed by atoms with Crippen LogP contribution < -0.4 is 4.74 Å². The molecule has 0 radical (unpaired) electrons. The van der Waals surface area contributed by atoms with E-state index >= 15 is 0 Å². The highest BCUT2D eigenvalue weighted by molar-refractivity contribution is 6.31. The Balaban J connectivity index is 1.24. The molecule has 38 heavy (non-hydrogen) atoms. The molecular weight excluding hydrogens is 500 g/mol. The maximum absolute atomic E-state index is 12.1. The number of fused-ring (bicyclic) bond motifs is 1. The summed E-state index contributed by atoms with van der Waals surface area (Å²) in [5.41, 5.74) is 6.24. The van der Waals surface area contributed by atoms with Crippen molar-refractivity contribution in [2.24, 2.45) is 0 Å². The number of piperidine rings is 1. The Bertz CT molecular complexity index is 1280. The SMILES string of the molecule is CC(=O)N1CCc2c(c(-c3ccc(Cl)c(C)c3)nn2CC(O)CN2CCC(Oc3ccc(C)cc3)CC2)C1. The standard InChI is InChI=1S/C30H37ClN4O3/c1-20-4-7-25(8-5-20)38-26-10-13-33(14-11-26)17-24(37)18-35-29-12-15-34(22(3)36)19-27(29)30(32-35)23-6-9-28(31)21(2)16-23/h4-9,16,24,26,37H,10-15,17-19H2,1-3H3. The molecule has 0 aliphatic carbocycles. The topological polar surface area (TPSA) is 70.8 Å². The van der Waals surface area contributed by atoms with E-state index in [2.05, 4.69) is 24.0 Å². The molecule has 0 bridgehead atoms. The first-order valence-electron chi connectivity index (χ1n) is 13.5. The van der Waals surface area contributed by atoms with Gasteiger partial charge in [0.1, 0.15) is 11.9 Å². The fourth-order valence-corrected chi connectivity index (χ4v) is 5.63. The van der Waals surface area contributed by atoms with E-state index in [1.54, 1.807) is 6.92 Å². The van der Waals surface area contributed by atoms with Crippen LogP contribution >= 0.6 is 11.6 Å². The van der Waals surface area contributed by atoms with Crippen molar-refractivity contribution in [3.05, 3.63) is 69.9 Å². The van der Waals surface area contributed by atoms with Gasteiger partial charge in [-0.2, -0.15) is 5.10 Å². The minimum absolute atomic E-state index is 0.0661. The Kier molecular flexibility index (Phi) is 8.07. The average molecular weight is 537 g/mol. The van der Waals surface area contributed by atoms with Gasteiger partial charge < -0.3 is 19.6 Å². The van der Waals surface area contributed by atoms with E-state index in [-0.39, 0.29) is 12.0 Å². The maximum atomic E-state index is 12.1. The summed E-state index contributed by atoms with van der Waals surface area (Å²) in [5, 5.41) is 16.7. The number of aliphatic hydroxyl groups is 1. The molecule has 202 valence electrons. The summed E-state index contributed by atoms with van der Waals surface area (Å²) in [6, 6.07) is 14.1. The molecule has 1 unspecified atom stereocenters. The molecule has 8 heteroatoms. The fraction of sp³-hybridized carbons (Fsp3) is 0.467. The summed E-state index contributed by atoms with van der Waals surface area (Å²) in [6.45, 7) is 9.68. The van der Waals surface area contributed by atoms with Crippen LogP contribution in [0, 0.1) is 13.8 Å². The average Bonchev–Trinajstić information content (AvgIpc) is 3.25. The molecule has 2 aliphatic heterocycles. The second-order valence-corrected chi connectivity index (χ2v) is 11.1. The second kappa shape index (κ2) is 11.5. The maximum Gasteiger partial charge on any atom is 0.219 e. The number of carbonyl (C=O) groups is 1. The van der Waals surface area contributed by atoms with Crippen molar-refractivity contribution in [2.75, 3.05) is 26.2 Å². The lowest BCUT2D eigenvalue weighted by atomic mass is 9.99. The number of amides is 1. The van der Waals surface area contributed by atoms with Crippen LogP contribution in [-0.2, 0) is 24.3 Å². The Morgan fingerprint density at radius 1 is 1.11 bits per heavy atom. The zero-order valence-corrected chi connectivity index (χ0v) is 23.2. The van der Waals surface area contributed by atoms with E-state index < -0.39 is 6.10 Å². The summed E-state index contributed by atoms with van der Waals surface area (Å²) in [5.74, 6) is 0.990. The van der Waals surface area contributed by atoms with Crippen LogP contribution in [0.15, 0.2) is 42.5 Å². The monoisotopic (exact) mass is 536 g/mol. The zero-order chi connectivity index (χ0) is 26.8. The molecule has 0 spiro atoms. The second-order valence-electron chi connectivity index (χ2n) is 10.7. The number of aromatic nitrogens is 2. The van der Waals surface area contributed by atoms with Crippen molar-refractivity contribution >= 4 is 17.5 Å². The summed E-state index contributed by atoms with van der Waals surface area (Å²) in [4.78, 5) is 16.3. The molecule has 1 fully saturated rings. The van der Waals surface area contributed by atoms with Gasteiger partial charge in [-0.3, -0.25) is 9.48 Å². The number of benzene rings is 2. The van der Waals surface area contributed by atoms with Crippen molar-refractivity contribution < 1.29 is 14.6 Å². The lowest BCUT2D eigenvalue weighted by Crippen LogP contribution is -2.43. The molecule has 1 aromatic heterocycles. The quantitative estimate of drug-likeness (QED) is 0.477. The molecule has 5 rings (SSSR count). The Morgan fingerprint density at radius 3 is 2.53 bits per heavy atom. The highest BCUT2D eigenvalue weighted by Crippen LogP contribution is 2.32. The minimum Gasteiger partial charge on any atom is -0.490 e. The number of carbonyl (C=O) groups excluding carboxylic acids is 1. The molecule has 1 saturated heterocycles. The van der Waals surface area contributed by atoms with Gasteiger partial charge in [-0.05, 0) is 56.5 Å². The highest BCUT2D eigenvalue weighted by atomic mass is 35.5. The lowest BCUT2D eigenvalue weighted by Gasteiger charge is -2.33. The number of halogens is 1. The third-order valence-corrected chi connectivity index (χ3v) is 8.15. The van der Waals surface area contributed by atoms with Gasteiger partial charge in [-0.15, -0.1) is 0 Å². The fourth-order valence-electron chi connectivity index (χ4n) is 5.51. The van der Waals surface area contributed by atoms with Crippen molar-refractivity contribution in [3.8, 4) is 17.0 Å². The number of likely N-dealkylation sites (tertiary alicyclic amines) is 1. The van der Waals surface area contributed by atoms with Crippen molar-refractivity contribution in [1.29, 1.82) is 0 Å². The third-order valence-electron chi connectivity index (χ3n) is 7.72. The largest absolute Gasteiger partial charge is 0.490 e. The third kappa shape index (κ3) is 6.06. The van der Waals surface area contributed by atoms with E-state index in [1.807, 2.05) is 46.8 Å². The molecule has 3 aromatic rings. The molecule has 1 N–H and O–H groups in total. The number of hydrogen-bond donors (Lipinski definition) is 1. The molecule has 0 saturated carbocycles. The number of aryl methyl sites for hydroxylation is 2. The van der Waals surface area contributed by atoms with Crippen LogP contribution in [0.2, 0.25) is 5.02 Å². The predicted molar refractivity (Wildman–Crippen MR) is 149 cm³/mol. The minimum atomic E-state index is -0.542. The normalized spacial score (nSPS) is 17.3. The van der Waals surface area contributed by atoms with Crippen LogP contribution in [0.25, 0.3) is 11.3 Å². The van der Waals surface area contributed by atoms with Gasteiger partial charge in [0, 0.05) is 67.9 Å². The zero-order valence-electron chi connectivity index (χ0n) is 22.5. The number of ether oxygens (including phenoxy) is 1. The summed E-state index contributed by atoms with van der Waals surface area (Å²) < 4.78 is 8.13. The van der Waals surface area contributed by atoms with E-state index in [0.717, 1.165) is 71.2 Å². The van der Waals surface area contributed by atoms with Gasteiger partial charge in [0.2, 0.25) is 5.91 Å². The summed E-state index contributed by atoms with van der Waals surface area (Å²) in [6.07, 6.45) is 2.28. The lowest BCUT2D eigenvalue weighted by molar-refractivity contribution is -0.129. The molecule has 2 aromatic carbocycles. The number of aliphatic hydroxyl groups excluding tert-OH is 1. The van der Waals surface area contributed by atoms with Gasteiger partial charge in [0.25, 0.3) is 0 Å². The van der Waals surface area contributed by atoms with Crippen molar-refractivity contribution in [2.45, 2.75) is 65.3 Å². The summed E-state index contributed by atoms with van der Waals surface area (Å²) >= 11 is 6.27. The first-order valence-corrected chi connectivity index (χ1v) is 13.9. The van der Waals surface area contributed by atoms with Crippen LogP contribution in [0.1, 0.15) is 42.1 Å². The molecule has 7 nitrogen and oxygen atoms in total. The molecular formula is C30H37ClN4O3. The predicted octanol–water partition coefficient (Wildman–Crippen LogP) is 4.63.